The first-order valence-corrected chi connectivity index (χ1v) is 6.87. The Morgan fingerprint density at radius 2 is 2.10 bits per heavy atom. The largest absolute Gasteiger partial charge is 0.481 e. The molecule has 0 saturated heterocycles. The maximum absolute atomic E-state index is 11.6. The van der Waals surface area contributed by atoms with Crippen LogP contribution in [-0.4, -0.2) is 34.5 Å². The Kier molecular flexibility index (Phi) is 8.14. The van der Waals surface area contributed by atoms with E-state index in [-0.39, 0.29) is 17.7 Å². The van der Waals surface area contributed by atoms with Gasteiger partial charge in [0.05, 0.1) is 18.2 Å². The lowest BCUT2D eigenvalue weighted by molar-refractivity contribution is -0.145. The van der Waals surface area contributed by atoms with Gasteiger partial charge in [0, 0.05) is 12.3 Å². The first-order valence-electron chi connectivity index (χ1n) is 5.99. The molecule has 0 aliphatic heterocycles. The van der Waals surface area contributed by atoms with Crippen molar-refractivity contribution in [2.75, 3.05) is 6.61 Å². The third-order valence-corrected chi connectivity index (χ3v) is 2.98. The Hall–Kier alpha value is -1.96. The summed E-state index contributed by atoms with van der Waals surface area (Å²) in [5, 5.41) is 16.9. The summed E-state index contributed by atoms with van der Waals surface area (Å²) in [6.45, 7) is 5.11. The van der Waals surface area contributed by atoms with Crippen molar-refractivity contribution < 1.29 is 19.4 Å². The smallest absolute Gasteiger partial charge is 0.315 e. The highest BCUT2D eigenvalue weighted by Crippen LogP contribution is 2.22. The zero-order chi connectivity index (χ0) is 15.7. The van der Waals surface area contributed by atoms with Gasteiger partial charge in [0.25, 0.3) is 5.97 Å². The number of nitrogens with one attached hydrogen (secondary N) is 1. The quantitative estimate of drug-likeness (QED) is 0.430. The summed E-state index contributed by atoms with van der Waals surface area (Å²) >= 11 is 1.27. The Balaban J connectivity index is 0.000000796. The molecule has 1 atom stereocenters. The van der Waals surface area contributed by atoms with Crippen molar-refractivity contribution in [2.45, 2.75) is 33.1 Å². The average Bonchev–Trinajstić information content (AvgIpc) is 2.79. The van der Waals surface area contributed by atoms with Gasteiger partial charge in [-0.1, -0.05) is 6.92 Å². The van der Waals surface area contributed by atoms with Gasteiger partial charge in [-0.3, -0.25) is 15.0 Å². The van der Waals surface area contributed by atoms with Crippen LogP contribution in [0.1, 0.15) is 43.8 Å². The van der Waals surface area contributed by atoms with Crippen LogP contribution >= 0.6 is 11.3 Å². The molecule has 0 bridgehead atoms. The number of ether oxygens (including phenoxy) is 1. The van der Waals surface area contributed by atoms with E-state index in [1.807, 2.05) is 6.92 Å². The van der Waals surface area contributed by atoms with Gasteiger partial charge in [-0.15, -0.1) is 11.3 Å². The number of esters is 1. The molecular weight excluding hydrogens is 282 g/mol. The van der Waals surface area contributed by atoms with E-state index in [0.29, 0.717) is 23.7 Å². The molecule has 112 valence electrons. The van der Waals surface area contributed by atoms with Crippen LogP contribution in [0.5, 0.6) is 0 Å². The van der Waals surface area contributed by atoms with Crippen LogP contribution in [0, 0.1) is 5.41 Å². The van der Waals surface area contributed by atoms with E-state index in [1.54, 1.807) is 12.3 Å². The first-order chi connectivity index (χ1) is 9.33. The number of hydrogen-bond donors (Lipinski definition) is 3. The lowest BCUT2D eigenvalue weighted by Crippen LogP contribution is -2.16. The summed E-state index contributed by atoms with van der Waals surface area (Å²) in [4.78, 5) is 24.8. The van der Waals surface area contributed by atoms with Crippen molar-refractivity contribution in [1.82, 2.24) is 4.98 Å². The van der Waals surface area contributed by atoms with Gasteiger partial charge in [-0.25, -0.2) is 4.98 Å². The van der Waals surface area contributed by atoms with Crippen molar-refractivity contribution in [3.63, 3.8) is 0 Å². The Bertz CT molecular complexity index is 469. The standard InChI is InChI=1S/C10H15N3O2S.C2H4O2/c1-3-6(10(14)15-4-2)7-5-16-9(13-7)8(11)12;1-2(3)4/h5-6H,3-4H2,1-2H3,(H3,11,12);1H3,(H,3,4). The number of aromatic nitrogens is 1. The fraction of sp³-hybridized carbons (Fsp3) is 0.500. The number of thiazole rings is 1. The van der Waals surface area contributed by atoms with Crippen molar-refractivity contribution in [3.05, 3.63) is 16.1 Å². The average molecular weight is 301 g/mol. The normalized spacial score (nSPS) is 10.9. The molecule has 0 aromatic carbocycles. The number of nitrogens with zero attached hydrogens (tertiary/aromatic N) is 1. The van der Waals surface area contributed by atoms with Crippen LogP contribution in [0.25, 0.3) is 0 Å². The second-order valence-electron chi connectivity index (χ2n) is 3.72. The molecule has 0 radical (unpaired) electrons. The number of aliphatic carboxylic acids is 1. The first kappa shape index (κ1) is 18.0. The maximum Gasteiger partial charge on any atom is 0.315 e. The Labute approximate surface area is 121 Å². The van der Waals surface area contributed by atoms with Crippen LogP contribution in [0.3, 0.4) is 0 Å². The molecule has 7 nitrogen and oxygen atoms in total. The van der Waals surface area contributed by atoms with Crippen LogP contribution in [-0.2, 0) is 14.3 Å². The molecule has 0 spiro atoms. The molecule has 1 aromatic rings. The molecule has 0 saturated carbocycles. The Morgan fingerprint density at radius 3 is 2.45 bits per heavy atom. The zero-order valence-corrected chi connectivity index (χ0v) is 12.5. The number of amidine groups is 1. The molecule has 0 fully saturated rings. The number of carbonyl (C=O) groups is 2. The predicted molar refractivity (Wildman–Crippen MR) is 76.1 cm³/mol. The van der Waals surface area contributed by atoms with Gasteiger partial charge in [-0.2, -0.15) is 0 Å². The van der Waals surface area contributed by atoms with Gasteiger partial charge in [-0.05, 0) is 13.3 Å². The number of carboxylic acid groups (broad SMARTS) is 1. The minimum atomic E-state index is -0.833. The summed E-state index contributed by atoms with van der Waals surface area (Å²) in [7, 11) is 0. The van der Waals surface area contributed by atoms with E-state index in [1.165, 1.54) is 11.3 Å². The zero-order valence-electron chi connectivity index (χ0n) is 11.7. The molecule has 8 heteroatoms. The minimum absolute atomic E-state index is 0.0741. The molecule has 0 aliphatic carbocycles. The van der Waals surface area contributed by atoms with Gasteiger partial charge >= 0.3 is 5.97 Å². The van der Waals surface area contributed by atoms with Crippen LogP contribution in [0.15, 0.2) is 5.38 Å². The highest BCUT2D eigenvalue weighted by molar-refractivity contribution is 7.11. The number of rotatable bonds is 5. The van der Waals surface area contributed by atoms with Crippen molar-refractivity contribution >= 4 is 29.1 Å². The van der Waals surface area contributed by atoms with Crippen LogP contribution in [0.2, 0.25) is 0 Å². The summed E-state index contributed by atoms with van der Waals surface area (Å²) in [5.41, 5.74) is 5.95. The van der Waals surface area contributed by atoms with Gasteiger partial charge in [0.15, 0.2) is 10.8 Å². The molecule has 0 aliphatic rings. The summed E-state index contributed by atoms with van der Waals surface area (Å²) in [5.74, 6) is -1.54. The van der Waals surface area contributed by atoms with Crippen molar-refractivity contribution in [3.8, 4) is 0 Å². The highest BCUT2D eigenvalue weighted by Gasteiger charge is 2.23. The Morgan fingerprint density at radius 1 is 1.55 bits per heavy atom. The van der Waals surface area contributed by atoms with E-state index >= 15 is 0 Å². The van der Waals surface area contributed by atoms with Crippen LogP contribution < -0.4 is 5.73 Å². The van der Waals surface area contributed by atoms with E-state index in [9.17, 15) is 4.79 Å². The van der Waals surface area contributed by atoms with E-state index in [0.717, 1.165) is 6.92 Å². The second-order valence-corrected chi connectivity index (χ2v) is 4.58. The molecular formula is C12H19N3O4S. The number of hydrogen-bond acceptors (Lipinski definition) is 6. The van der Waals surface area contributed by atoms with E-state index < -0.39 is 5.97 Å². The lowest BCUT2D eigenvalue weighted by atomic mass is 10.0. The minimum Gasteiger partial charge on any atom is -0.481 e. The predicted octanol–water partition coefficient (Wildman–Crippen LogP) is 1.57. The molecule has 4 N–H and O–H groups in total. The third kappa shape index (κ3) is 6.28. The topological polar surface area (TPSA) is 126 Å². The SMILES string of the molecule is CC(=O)O.CCOC(=O)C(CC)c1csc(C(=N)N)n1. The van der Waals surface area contributed by atoms with E-state index in [4.69, 9.17) is 25.8 Å². The van der Waals surface area contributed by atoms with Gasteiger partial charge in [0.2, 0.25) is 0 Å². The fourth-order valence-electron chi connectivity index (χ4n) is 1.31. The van der Waals surface area contributed by atoms with Crippen molar-refractivity contribution in [2.24, 2.45) is 5.73 Å². The van der Waals surface area contributed by atoms with Gasteiger partial charge < -0.3 is 15.6 Å². The summed E-state index contributed by atoms with van der Waals surface area (Å²) in [6, 6.07) is 0. The molecule has 1 heterocycles. The number of nitrogen functional groups attached to an aromatic ring is 1. The molecule has 20 heavy (non-hydrogen) atoms. The number of nitrogens with two attached hydrogens (primary N) is 1. The summed E-state index contributed by atoms with van der Waals surface area (Å²) in [6.07, 6.45) is 0.625. The molecule has 0 amide bonds. The fourth-order valence-corrected chi connectivity index (χ4v) is 2.04. The number of carbonyl (C=O) groups excluding carboxylic acids is 1. The van der Waals surface area contributed by atoms with Gasteiger partial charge in [0.1, 0.15) is 0 Å². The van der Waals surface area contributed by atoms with Crippen molar-refractivity contribution in [1.29, 1.82) is 5.41 Å². The molecule has 1 rings (SSSR count). The van der Waals surface area contributed by atoms with E-state index in [2.05, 4.69) is 4.98 Å². The monoisotopic (exact) mass is 301 g/mol. The van der Waals surface area contributed by atoms with Crippen LogP contribution in [0.4, 0.5) is 0 Å². The molecule has 1 unspecified atom stereocenters. The highest BCUT2D eigenvalue weighted by atomic mass is 32.1. The number of carboxylic acids is 1. The second kappa shape index (κ2) is 9.03. The summed E-state index contributed by atoms with van der Waals surface area (Å²) < 4.78 is 4.96. The third-order valence-electron chi connectivity index (χ3n) is 2.09. The lowest BCUT2D eigenvalue weighted by Gasteiger charge is -2.10. The maximum atomic E-state index is 11.6. The molecule has 1 aromatic heterocycles.